The lowest BCUT2D eigenvalue weighted by atomic mass is 9.96. The van der Waals surface area contributed by atoms with Crippen molar-refractivity contribution in [1.29, 1.82) is 0 Å². The van der Waals surface area contributed by atoms with Crippen molar-refractivity contribution < 1.29 is 14.6 Å². The van der Waals surface area contributed by atoms with E-state index < -0.39 is 0 Å². The van der Waals surface area contributed by atoms with E-state index in [1.54, 1.807) is 7.11 Å². The van der Waals surface area contributed by atoms with Crippen molar-refractivity contribution in [1.82, 2.24) is 0 Å². The van der Waals surface area contributed by atoms with Crippen molar-refractivity contribution in [3.8, 4) is 0 Å². The normalized spacial score (nSPS) is 40.4. The van der Waals surface area contributed by atoms with Crippen molar-refractivity contribution in [2.24, 2.45) is 0 Å². The van der Waals surface area contributed by atoms with Crippen LogP contribution in [0.3, 0.4) is 0 Å². The molecule has 4 heteroatoms. The van der Waals surface area contributed by atoms with Gasteiger partial charge < -0.3 is 14.6 Å². The fourth-order valence-electron chi connectivity index (χ4n) is 1.33. The Morgan fingerprint density at radius 2 is 2.50 bits per heavy atom. The molecule has 0 aromatic heterocycles. The Morgan fingerprint density at radius 1 is 1.80 bits per heavy atom. The average molecular weight is 144 g/mol. The molecule has 1 N–H and O–H groups in total. The highest BCUT2D eigenvalue weighted by molar-refractivity contribution is 6.11. The van der Waals surface area contributed by atoms with Gasteiger partial charge in [-0.05, 0) is 6.42 Å². The van der Waals surface area contributed by atoms with Gasteiger partial charge in [-0.25, -0.2) is 0 Å². The van der Waals surface area contributed by atoms with E-state index in [1.807, 2.05) is 7.85 Å². The molecule has 3 nitrogen and oxygen atoms in total. The standard InChI is InChI=1S/C6H13BO3/c1-9-4-2-6(7)10-5(4)3-8/h4-6,8H,2-3,7H2,1H3. The van der Waals surface area contributed by atoms with Crippen LogP contribution in [-0.2, 0) is 9.47 Å². The SMILES string of the molecule is BC1CC(OC)C(CO)O1. The van der Waals surface area contributed by atoms with E-state index in [4.69, 9.17) is 14.6 Å². The molecule has 1 aliphatic heterocycles. The molecule has 0 spiro atoms. The van der Waals surface area contributed by atoms with Gasteiger partial charge >= 0.3 is 0 Å². The molecule has 0 saturated carbocycles. The van der Waals surface area contributed by atoms with Crippen molar-refractivity contribution in [2.75, 3.05) is 13.7 Å². The maximum Gasteiger partial charge on any atom is 0.139 e. The van der Waals surface area contributed by atoms with Gasteiger partial charge in [0, 0.05) is 13.1 Å². The van der Waals surface area contributed by atoms with Gasteiger partial charge in [-0.15, -0.1) is 0 Å². The second-order valence-electron chi connectivity index (χ2n) is 2.68. The summed E-state index contributed by atoms with van der Waals surface area (Å²) in [6.07, 6.45) is 0.863. The first kappa shape index (κ1) is 8.05. The van der Waals surface area contributed by atoms with Gasteiger partial charge in [-0.3, -0.25) is 0 Å². The van der Waals surface area contributed by atoms with Crippen LogP contribution < -0.4 is 0 Å². The third-order valence-corrected chi connectivity index (χ3v) is 1.87. The first-order valence-electron chi connectivity index (χ1n) is 3.57. The second kappa shape index (κ2) is 3.37. The third-order valence-electron chi connectivity index (χ3n) is 1.87. The maximum absolute atomic E-state index is 8.78. The lowest BCUT2D eigenvalue weighted by Gasteiger charge is -2.13. The third kappa shape index (κ3) is 1.51. The van der Waals surface area contributed by atoms with E-state index >= 15 is 0 Å². The highest BCUT2D eigenvalue weighted by Gasteiger charge is 2.31. The summed E-state index contributed by atoms with van der Waals surface area (Å²) in [5.74, 6) is 0. The van der Waals surface area contributed by atoms with E-state index in [-0.39, 0.29) is 24.8 Å². The molecule has 1 saturated heterocycles. The van der Waals surface area contributed by atoms with Crippen molar-refractivity contribution in [3.63, 3.8) is 0 Å². The molecule has 1 heterocycles. The van der Waals surface area contributed by atoms with Crippen LogP contribution in [0.15, 0.2) is 0 Å². The Hall–Kier alpha value is -0.0551. The van der Waals surface area contributed by atoms with E-state index in [0.29, 0.717) is 0 Å². The molecule has 0 bridgehead atoms. The first-order chi connectivity index (χ1) is 4.77. The highest BCUT2D eigenvalue weighted by atomic mass is 16.6. The Bertz CT molecular complexity index is 97.2. The minimum Gasteiger partial charge on any atom is -0.394 e. The molecule has 1 aliphatic rings. The van der Waals surface area contributed by atoms with Gasteiger partial charge in [0.2, 0.25) is 0 Å². The van der Waals surface area contributed by atoms with E-state index in [2.05, 4.69) is 0 Å². The number of methoxy groups -OCH3 is 1. The summed E-state index contributed by atoms with van der Waals surface area (Å²) in [5, 5.41) is 8.78. The molecule has 58 valence electrons. The fraction of sp³-hybridized carbons (Fsp3) is 1.00. The summed E-state index contributed by atoms with van der Waals surface area (Å²) < 4.78 is 10.4. The monoisotopic (exact) mass is 144 g/mol. The number of hydrogen-bond donors (Lipinski definition) is 1. The van der Waals surface area contributed by atoms with Crippen LogP contribution in [0.5, 0.6) is 0 Å². The minimum atomic E-state index is -0.111. The summed E-state index contributed by atoms with van der Waals surface area (Å²) in [5.41, 5.74) is 0. The molecule has 3 atom stereocenters. The number of hydrogen-bond acceptors (Lipinski definition) is 3. The van der Waals surface area contributed by atoms with Gasteiger partial charge in [0.15, 0.2) is 0 Å². The highest BCUT2D eigenvalue weighted by Crippen LogP contribution is 2.19. The predicted molar refractivity (Wildman–Crippen MR) is 39.7 cm³/mol. The van der Waals surface area contributed by atoms with Gasteiger partial charge in [0.1, 0.15) is 14.0 Å². The molecule has 0 aliphatic carbocycles. The Kier molecular flexibility index (Phi) is 2.71. The van der Waals surface area contributed by atoms with Crippen molar-refractivity contribution in [2.45, 2.75) is 24.6 Å². The van der Waals surface area contributed by atoms with E-state index in [0.717, 1.165) is 6.42 Å². The van der Waals surface area contributed by atoms with E-state index in [9.17, 15) is 0 Å². The minimum absolute atomic E-state index is 0.0584. The lowest BCUT2D eigenvalue weighted by molar-refractivity contribution is -0.0205. The fourth-order valence-corrected chi connectivity index (χ4v) is 1.33. The quantitative estimate of drug-likeness (QED) is 0.491. The van der Waals surface area contributed by atoms with Gasteiger partial charge in [0.05, 0.1) is 12.7 Å². The topological polar surface area (TPSA) is 38.7 Å². The van der Waals surface area contributed by atoms with Gasteiger partial charge in [-0.1, -0.05) is 0 Å². The summed E-state index contributed by atoms with van der Waals surface area (Å²) in [7, 11) is 3.64. The number of aliphatic hydroxyl groups excluding tert-OH is 1. The molecule has 1 rings (SSSR count). The molecule has 3 unspecified atom stereocenters. The van der Waals surface area contributed by atoms with Crippen LogP contribution in [0.4, 0.5) is 0 Å². The molecule has 0 radical (unpaired) electrons. The van der Waals surface area contributed by atoms with Gasteiger partial charge in [-0.2, -0.15) is 0 Å². The lowest BCUT2D eigenvalue weighted by Crippen LogP contribution is -2.26. The smallest absolute Gasteiger partial charge is 0.139 e. The van der Waals surface area contributed by atoms with Crippen LogP contribution in [0.25, 0.3) is 0 Å². The molecule has 0 aromatic carbocycles. The first-order valence-corrected chi connectivity index (χ1v) is 3.57. The van der Waals surface area contributed by atoms with Crippen molar-refractivity contribution in [3.05, 3.63) is 0 Å². The maximum atomic E-state index is 8.78. The summed E-state index contributed by atoms with van der Waals surface area (Å²) >= 11 is 0. The molecule has 0 aromatic rings. The Balaban J connectivity index is 2.41. The van der Waals surface area contributed by atoms with Crippen LogP contribution in [0.2, 0.25) is 0 Å². The van der Waals surface area contributed by atoms with Crippen molar-refractivity contribution >= 4 is 7.85 Å². The summed E-state index contributed by atoms with van der Waals surface area (Å²) in [6, 6.07) is 0.224. The zero-order valence-electron chi connectivity index (χ0n) is 6.41. The molecule has 0 amide bonds. The van der Waals surface area contributed by atoms with Crippen LogP contribution in [0.1, 0.15) is 6.42 Å². The number of aliphatic hydroxyl groups is 1. The Labute approximate surface area is 61.7 Å². The molecular weight excluding hydrogens is 131 g/mol. The van der Waals surface area contributed by atoms with Crippen LogP contribution in [0, 0.1) is 0 Å². The van der Waals surface area contributed by atoms with Crippen LogP contribution in [-0.4, -0.2) is 44.9 Å². The molecule has 1 fully saturated rings. The zero-order valence-corrected chi connectivity index (χ0v) is 6.41. The average Bonchev–Trinajstić information content (AvgIpc) is 2.30. The van der Waals surface area contributed by atoms with Gasteiger partial charge in [0.25, 0.3) is 0 Å². The largest absolute Gasteiger partial charge is 0.394 e. The predicted octanol–water partition coefficient (Wildman–Crippen LogP) is -1.26. The number of rotatable bonds is 2. The number of ether oxygens (including phenoxy) is 2. The zero-order chi connectivity index (χ0) is 7.56. The second-order valence-corrected chi connectivity index (χ2v) is 2.68. The summed E-state index contributed by atoms with van der Waals surface area (Å²) in [4.78, 5) is 0. The van der Waals surface area contributed by atoms with Crippen LogP contribution >= 0.6 is 0 Å². The van der Waals surface area contributed by atoms with E-state index in [1.165, 1.54) is 0 Å². The Morgan fingerprint density at radius 3 is 2.90 bits per heavy atom. The molecule has 10 heavy (non-hydrogen) atoms. The summed E-state index contributed by atoms with van der Waals surface area (Å²) in [6.45, 7) is 0.0584. The molecular formula is C6H13BO3.